The Morgan fingerprint density at radius 3 is 2.44 bits per heavy atom. The van der Waals surface area contributed by atoms with Crippen molar-refractivity contribution in [3.8, 4) is 17.0 Å². The quantitative estimate of drug-likeness (QED) is 0.481. The highest BCUT2D eigenvalue weighted by Crippen LogP contribution is 2.28. The smallest absolute Gasteiger partial charge is 0.256 e. The van der Waals surface area contributed by atoms with Gasteiger partial charge in [0, 0.05) is 44.6 Å². The molecule has 2 aromatic carbocycles. The summed E-state index contributed by atoms with van der Waals surface area (Å²) in [5, 5.41) is 6.92. The van der Waals surface area contributed by atoms with Crippen LogP contribution < -0.4 is 4.74 Å². The number of nitrogens with zero attached hydrogens (tertiary/aromatic N) is 3. The molecule has 36 heavy (non-hydrogen) atoms. The van der Waals surface area contributed by atoms with E-state index in [2.05, 4.69) is 10.2 Å². The average Bonchev–Trinajstić information content (AvgIpc) is 3.42. The fraction of sp³-hybridized carbons (Fsp3) is 0.308. The molecule has 8 nitrogen and oxygen atoms in total. The number of benzene rings is 2. The fourth-order valence-electron chi connectivity index (χ4n) is 4.12. The Morgan fingerprint density at radius 1 is 1.00 bits per heavy atom. The van der Waals surface area contributed by atoms with Gasteiger partial charge in [-0.05, 0) is 35.9 Å². The van der Waals surface area contributed by atoms with E-state index < -0.39 is 18.4 Å². The van der Waals surface area contributed by atoms with Crippen LogP contribution in [0.25, 0.3) is 11.3 Å². The fourth-order valence-corrected chi connectivity index (χ4v) is 4.12. The van der Waals surface area contributed by atoms with Gasteiger partial charge in [-0.25, -0.2) is 8.78 Å². The summed E-state index contributed by atoms with van der Waals surface area (Å²) < 4.78 is 32.3. The van der Waals surface area contributed by atoms with Crippen LogP contribution in [-0.4, -0.2) is 70.9 Å². The first-order valence-corrected chi connectivity index (χ1v) is 11.5. The number of carbonyl (C=O) groups is 3. The van der Waals surface area contributed by atoms with E-state index in [0.717, 1.165) is 11.6 Å². The highest BCUT2D eigenvalue weighted by Gasteiger charge is 2.27. The molecule has 4 rings (SSSR count). The van der Waals surface area contributed by atoms with Crippen molar-refractivity contribution in [2.24, 2.45) is 0 Å². The van der Waals surface area contributed by atoms with E-state index in [4.69, 9.17) is 4.74 Å². The highest BCUT2D eigenvalue weighted by atomic mass is 19.1. The maximum Gasteiger partial charge on any atom is 0.256 e. The molecule has 3 aromatic rings. The molecule has 1 saturated heterocycles. The summed E-state index contributed by atoms with van der Waals surface area (Å²) in [6.07, 6.45) is 0.0235. The third-order valence-corrected chi connectivity index (χ3v) is 6.16. The standard InChI is InChI=1S/C26H26F2N4O4/c1-36-24-5-3-2-4-18(24)21-15-22(30-29-21)23(33)8-9-25(34)31-10-12-32(13-11-31)26(35)19-14-17(16-27)6-7-20(19)28/h2-7,14-15H,8-13,16H2,1H3,(H,29,30). The number of para-hydroxylation sites is 1. The Labute approximate surface area is 206 Å². The lowest BCUT2D eigenvalue weighted by atomic mass is 10.1. The molecule has 2 heterocycles. The Balaban J connectivity index is 1.29. The number of piperazine rings is 1. The zero-order chi connectivity index (χ0) is 25.7. The van der Waals surface area contributed by atoms with Gasteiger partial charge in [-0.3, -0.25) is 19.5 Å². The molecule has 0 radical (unpaired) electrons. The van der Waals surface area contributed by atoms with Crippen molar-refractivity contribution in [1.82, 2.24) is 20.0 Å². The number of rotatable bonds is 8. The number of H-pyrrole nitrogens is 1. The molecule has 1 aromatic heterocycles. The first kappa shape index (κ1) is 25.0. The Hall–Kier alpha value is -4.08. The number of carbonyl (C=O) groups excluding carboxylic acids is 3. The number of alkyl halides is 1. The number of amides is 2. The molecule has 10 heteroatoms. The lowest BCUT2D eigenvalue weighted by Gasteiger charge is -2.35. The van der Waals surface area contributed by atoms with E-state index >= 15 is 0 Å². The van der Waals surface area contributed by atoms with Crippen LogP contribution in [0, 0.1) is 5.82 Å². The molecule has 188 valence electrons. The minimum atomic E-state index is -0.790. The number of Topliss-reactive ketones (excluding diaryl/α,β-unsaturated/α-hetero) is 1. The van der Waals surface area contributed by atoms with Crippen molar-refractivity contribution in [3.05, 3.63) is 71.2 Å². The molecule has 1 aliphatic rings. The highest BCUT2D eigenvalue weighted by molar-refractivity contribution is 5.97. The monoisotopic (exact) mass is 496 g/mol. The molecule has 0 aliphatic carbocycles. The number of hydrogen-bond donors (Lipinski definition) is 1. The summed E-state index contributed by atoms with van der Waals surface area (Å²) in [5.41, 5.74) is 1.66. The molecule has 1 fully saturated rings. The van der Waals surface area contributed by atoms with Crippen LogP contribution in [0.4, 0.5) is 8.78 Å². The zero-order valence-electron chi connectivity index (χ0n) is 19.8. The van der Waals surface area contributed by atoms with Crippen LogP contribution in [0.15, 0.2) is 48.5 Å². The second-order valence-electron chi connectivity index (χ2n) is 8.41. The number of aromatic amines is 1. The lowest BCUT2D eigenvalue weighted by Crippen LogP contribution is -2.50. The van der Waals surface area contributed by atoms with Gasteiger partial charge >= 0.3 is 0 Å². The van der Waals surface area contributed by atoms with E-state index in [0.29, 0.717) is 17.1 Å². The van der Waals surface area contributed by atoms with Gasteiger partial charge in [0.15, 0.2) is 5.78 Å². The van der Waals surface area contributed by atoms with Crippen LogP contribution in [0.5, 0.6) is 5.75 Å². The number of hydrogen-bond acceptors (Lipinski definition) is 5. The van der Waals surface area contributed by atoms with E-state index in [1.807, 2.05) is 18.2 Å². The molecule has 1 aliphatic heterocycles. The van der Waals surface area contributed by atoms with Gasteiger partial charge < -0.3 is 14.5 Å². The minimum absolute atomic E-state index is 0.00672. The SMILES string of the molecule is COc1ccccc1-c1cc(C(=O)CCC(=O)N2CCN(C(=O)c3cc(CF)ccc3F)CC2)[nH]n1. The molecule has 0 spiro atoms. The van der Waals surface area contributed by atoms with E-state index in [1.54, 1.807) is 24.1 Å². The average molecular weight is 497 g/mol. The van der Waals surface area contributed by atoms with Gasteiger partial charge in [0.25, 0.3) is 5.91 Å². The lowest BCUT2D eigenvalue weighted by molar-refractivity contribution is -0.132. The predicted molar refractivity (Wildman–Crippen MR) is 128 cm³/mol. The van der Waals surface area contributed by atoms with Crippen molar-refractivity contribution in [1.29, 1.82) is 0 Å². The second kappa shape index (κ2) is 11.1. The first-order valence-electron chi connectivity index (χ1n) is 11.5. The maximum absolute atomic E-state index is 14.1. The molecule has 0 bridgehead atoms. The van der Waals surface area contributed by atoms with Crippen LogP contribution in [0.1, 0.15) is 39.3 Å². The van der Waals surface area contributed by atoms with E-state index in [-0.39, 0.29) is 61.8 Å². The predicted octanol–water partition coefficient (Wildman–Crippen LogP) is 3.64. The topological polar surface area (TPSA) is 95.6 Å². The summed E-state index contributed by atoms with van der Waals surface area (Å²) in [6.45, 7) is 0.194. The minimum Gasteiger partial charge on any atom is -0.496 e. The van der Waals surface area contributed by atoms with Crippen LogP contribution in [0.2, 0.25) is 0 Å². The zero-order valence-corrected chi connectivity index (χ0v) is 19.8. The Kier molecular flexibility index (Phi) is 7.72. The third-order valence-electron chi connectivity index (χ3n) is 6.16. The molecule has 0 atom stereocenters. The Bertz CT molecular complexity index is 1270. The number of methoxy groups -OCH3 is 1. The molecule has 2 amide bonds. The van der Waals surface area contributed by atoms with Gasteiger partial charge in [-0.1, -0.05) is 18.2 Å². The molecular weight excluding hydrogens is 470 g/mol. The van der Waals surface area contributed by atoms with Crippen LogP contribution >= 0.6 is 0 Å². The molecular formula is C26H26F2N4O4. The van der Waals surface area contributed by atoms with E-state index in [1.165, 1.54) is 17.0 Å². The Morgan fingerprint density at radius 2 is 1.72 bits per heavy atom. The summed E-state index contributed by atoms with van der Waals surface area (Å²) >= 11 is 0. The van der Waals surface area contributed by atoms with Crippen molar-refractivity contribution in [2.45, 2.75) is 19.5 Å². The van der Waals surface area contributed by atoms with Gasteiger partial charge in [0.1, 0.15) is 23.9 Å². The largest absolute Gasteiger partial charge is 0.496 e. The van der Waals surface area contributed by atoms with Crippen LogP contribution in [0.3, 0.4) is 0 Å². The first-order chi connectivity index (χ1) is 17.4. The molecule has 0 unspecified atom stereocenters. The molecule has 0 saturated carbocycles. The third kappa shape index (κ3) is 5.42. The number of ether oxygens (including phenoxy) is 1. The van der Waals surface area contributed by atoms with Crippen molar-refractivity contribution in [2.75, 3.05) is 33.3 Å². The summed E-state index contributed by atoms with van der Waals surface area (Å²) in [6, 6.07) is 12.5. The number of nitrogens with one attached hydrogen (secondary N) is 1. The van der Waals surface area contributed by atoms with E-state index in [9.17, 15) is 23.2 Å². The number of halogens is 2. The normalized spacial score (nSPS) is 13.5. The van der Waals surface area contributed by atoms with Gasteiger partial charge in [0.05, 0.1) is 18.4 Å². The van der Waals surface area contributed by atoms with Gasteiger partial charge in [-0.2, -0.15) is 5.10 Å². The number of ketones is 1. The summed E-state index contributed by atoms with van der Waals surface area (Å²) in [4.78, 5) is 41.0. The number of aromatic nitrogens is 2. The second-order valence-corrected chi connectivity index (χ2v) is 8.41. The maximum atomic E-state index is 14.1. The van der Waals surface area contributed by atoms with Crippen molar-refractivity contribution < 1.29 is 27.9 Å². The summed E-state index contributed by atoms with van der Waals surface area (Å²) in [7, 11) is 1.56. The molecule has 1 N–H and O–H groups in total. The van der Waals surface area contributed by atoms with Crippen LogP contribution in [-0.2, 0) is 11.5 Å². The van der Waals surface area contributed by atoms with Gasteiger partial charge in [0.2, 0.25) is 5.91 Å². The van der Waals surface area contributed by atoms with Gasteiger partial charge in [-0.15, -0.1) is 0 Å². The van der Waals surface area contributed by atoms with Crippen molar-refractivity contribution >= 4 is 17.6 Å². The summed E-state index contributed by atoms with van der Waals surface area (Å²) in [5.74, 6) is -1.05. The van der Waals surface area contributed by atoms with Crippen molar-refractivity contribution in [3.63, 3.8) is 0 Å².